The van der Waals surface area contributed by atoms with Crippen LogP contribution in [-0.2, 0) is 14.3 Å². The van der Waals surface area contributed by atoms with E-state index in [9.17, 15) is 9.59 Å². The van der Waals surface area contributed by atoms with Crippen LogP contribution in [0.4, 0.5) is 0 Å². The van der Waals surface area contributed by atoms with Crippen LogP contribution < -0.4 is 5.32 Å². The molecular weight excluding hydrogens is 294 g/mol. The van der Waals surface area contributed by atoms with Gasteiger partial charge in [-0.05, 0) is 33.1 Å². The Hall–Kier alpha value is -1.14. The van der Waals surface area contributed by atoms with Gasteiger partial charge in [0.15, 0.2) is 0 Å². The average Bonchev–Trinajstić information content (AvgIpc) is 2.89. The van der Waals surface area contributed by atoms with Crippen LogP contribution >= 0.6 is 0 Å². The number of hydrogen-bond acceptors (Lipinski definition) is 4. The van der Waals surface area contributed by atoms with Gasteiger partial charge in [0.25, 0.3) is 0 Å². The minimum atomic E-state index is -0.0381. The van der Waals surface area contributed by atoms with Crippen molar-refractivity contribution in [3.63, 3.8) is 0 Å². The fourth-order valence-electron chi connectivity index (χ4n) is 3.99. The molecule has 0 aromatic rings. The molecule has 0 aromatic heterocycles. The summed E-state index contributed by atoms with van der Waals surface area (Å²) in [5, 5.41) is 3.12. The van der Waals surface area contributed by atoms with Crippen LogP contribution in [0.2, 0.25) is 0 Å². The van der Waals surface area contributed by atoms with E-state index in [1.807, 2.05) is 4.90 Å². The second-order valence-electron chi connectivity index (χ2n) is 7.49. The summed E-state index contributed by atoms with van der Waals surface area (Å²) in [7, 11) is 0. The second-order valence-corrected chi connectivity index (χ2v) is 7.49. The first kappa shape index (κ1) is 16.7. The first-order valence-electron chi connectivity index (χ1n) is 8.92. The smallest absolute Gasteiger partial charge is 0.225 e. The molecular formula is C17H29N3O3. The summed E-state index contributed by atoms with van der Waals surface area (Å²) < 4.78 is 5.78. The van der Waals surface area contributed by atoms with Crippen molar-refractivity contribution in [2.45, 2.75) is 63.6 Å². The van der Waals surface area contributed by atoms with E-state index in [0.717, 1.165) is 45.4 Å². The Bertz CT molecular complexity index is 458. The molecule has 0 aromatic carbocycles. The van der Waals surface area contributed by atoms with Gasteiger partial charge in [-0.15, -0.1) is 0 Å². The zero-order valence-electron chi connectivity index (χ0n) is 14.3. The van der Waals surface area contributed by atoms with Gasteiger partial charge in [-0.1, -0.05) is 0 Å². The third kappa shape index (κ3) is 3.86. The van der Waals surface area contributed by atoms with Crippen molar-refractivity contribution >= 4 is 11.8 Å². The van der Waals surface area contributed by atoms with Crippen LogP contribution in [0.5, 0.6) is 0 Å². The van der Waals surface area contributed by atoms with Crippen LogP contribution in [0.15, 0.2) is 0 Å². The predicted octanol–water partition coefficient (Wildman–Crippen LogP) is 0.757. The summed E-state index contributed by atoms with van der Waals surface area (Å²) in [4.78, 5) is 28.3. The van der Waals surface area contributed by atoms with Crippen LogP contribution in [0.25, 0.3) is 0 Å². The number of nitrogens with zero attached hydrogens (tertiary/aromatic N) is 2. The van der Waals surface area contributed by atoms with Crippen LogP contribution in [0.1, 0.15) is 46.0 Å². The highest BCUT2D eigenvalue weighted by Crippen LogP contribution is 2.31. The summed E-state index contributed by atoms with van der Waals surface area (Å²) in [6, 6.07) is 0.498. The first-order valence-corrected chi connectivity index (χ1v) is 8.92. The summed E-state index contributed by atoms with van der Waals surface area (Å²) in [6.07, 6.45) is 3.81. The number of hydrogen-bond donors (Lipinski definition) is 1. The minimum absolute atomic E-state index is 0.0146. The van der Waals surface area contributed by atoms with Crippen molar-refractivity contribution in [1.29, 1.82) is 0 Å². The number of ether oxygens (including phenoxy) is 1. The third-order valence-corrected chi connectivity index (χ3v) is 5.61. The molecule has 23 heavy (non-hydrogen) atoms. The Morgan fingerprint density at radius 3 is 2.65 bits per heavy atom. The summed E-state index contributed by atoms with van der Waals surface area (Å²) in [5.74, 6) is 0.355. The molecule has 3 aliphatic rings. The van der Waals surface area contributed by atoms with Gasteiger partial charge in [0.1, 0.15) is 0 Å². The average molecular weight is 323 g/mol. The molecule has 3 aliphatic heterocycles. The zero-order valence-corrected chi connectivity index (χ0v) is 14.3. The normalized spacial score (nSPS) is 28.4. The van der Waals surface area contributed by atoms with E-state index in [-0.39, 0.29) is 23.5 Å². The van der Waals surface area contributed by atoms with Gasteiger partial charge in [-0.2, -0.15) is 0 Å². The van der Waals surface area contributed by atoms with Gasteiger partial charge in [-0.25, -0.2) is 0 Å². The number of carbonyl (C=O) groups is 2. The lowest BCUT2D eigenvalue weighted by Gasteiger charge is -2.40. The van der Waals surface area contributed by atoms with Crippen molar-refractivity contribution in [1.82, 2.24) is 15.1 Å². The maximum Gasteiger partial charge on any atom is 0.225 e. The molecule has 0 aliphatic carbocycles. The van der Waals surface area contributed by atoms with Crippen molar-refractivity contribution < 1.29 is 14.3 Å². The Morgan fingerprint density at radius 2 is 2.04 bits per heavy atom. The zero-order chi connectivity index (χ0) is 16.4. The number of likely N-dealkylation sites (tertiary alicyclic amines) is 1. The fourth-order valence-corrected chi connectivity index (χ4v) is 3.99. The number of morpholine rings is 1. The highest BCUT2D eigenvalue weighted by atomic mass is 16.5. The van der Waals surface area contributed by atoms with Crippen molar-refractivity contribution in [3.05, 3.63) is 0 Å². The van der Waals surface area contributed by atoms with Gasteiger partial charge < -0.3 is 15.0 Å². The monoisotopic (exact) mass is 323 g/mol. The van der Waals surface area contributed by atoms with Crippen LogP contribution in [0, 0.1) is 0 Å². The molecule has 3 saturated heterocycles. The topological polar surface area (TPSA) is 61.9 Å². The molecule has 0 saturated carbocycles. The van der Waals surface area contributed by atoms with Gasteiger partial charge in [0.2, 0.25) is 11.8 Å². The van der Waals surface area contributed by atoms with E-state index >= 15 is 0 Å². The molecule has 6 nitrogen and oxygen atoms in total. The minimum Gasteiger partial charge on any atom is -0.375 e. The highest BCUT2D eigenvalue weighted by Gasteiger charge is 2.41. The summed E-state index contributed by atoms with van der Waals surface area (Å²) in [6.45, 7) is 8.38. The molecule has 6 heteroatoms. The molecule has 130 valence electrons. The van der Waals surface area contributed by atoms with Gasteiger partial charge in [0.05, 0.1) is 19.1 Å². The van der Waals surface area contributed by atoms with E-state index in [2.05, 4.69) is 24.1 Å². The molecule has 1 spiro atoms. The largest absolute Gasteiger partial charge is 0.375 e. The fraction of sp³-hybridized carbons (Fsp3) is 0.882. The maximum absolute atomic E-state index is 12.6. The van der Waals surface area contributed by atoms with E-state index in [4.69, 9.17) is 4.74 Å². The van der Waals surface area contributed by atoms with Crippen molar-refractivity contribution in [3.8, 4) is 0 Å². The van der Waals surface area contributed by atoms with Crippen molar-refractivity contribution in [2.75, 3.05) is 32.8 Å². The lowest BCUT2D eigenvalue weighted by molar-refractivity contribution is -0.138. The molecule has 3 rings (SSSR count). The molecule has 1 atom stereocenters. The van der Waals surface area contributed by atoms with Gasteiger partial charge >= 0.3 is 0 Å². The lowest BCUT2D eigenvalue weighted by atomic mass is 9.86. The molecule has 3 heterocycles. The molecule has 1 unspecified atom stereocenters. The third-order valence-electron chi connectivity index (χ3n) is 5.61. The lowest BCUT2D eigenvalue weighted by Crippen LogP contribution is -2.53. The maximum atomic E-state index is 12.6. The summed E-state index contributed by atoms with van der Waals surface area (Å²) >= 11 is 0. The van der Waals surface area contributed by atoms with E-state index < -0.39 is 0 Å². The van der Waals surface area contributed by atoms with Crippen LogP contribution in [0.3, 0.4) is 0 Å². The highest BCUT2D eigenvalue weighted by molar-refractivity contribution is 5.80. The Morgan fingerprint density at radius 1 is 1.30 bits per heavy atom. The second kappa shape index (κ2) is 6.77. The van der Waals surface area contributed by atoms with Gasteiger partial charge in [-0.3, -0.25) is 14.5 Å². The van der Waals surface area contributed by atoms with Crippen molar-refractivity contribution in [2.24, 2.45) is 0 Å². The number of amides is 2. The number of carbonyl (C=O) groups excluding carboxylic acids is 2. The molecule has 0 bridgehead atoms. The Labute approximate surface area is 138 Å². The number of piperidine rings is 1. The SMILES string of the molecule is CC(C)N1CCOC(CC(=O)N2CCC3(CCC(=O)N3)CC2)C1. The summed E-state index contributed by atoms with van der Waals surface area (Å²) in [5.41, 5.74) is -0.0381. The standard InChI is InChI=1S/C17H29N3O3/c1-13(2)20-9-10-23-14(12-20)11-16(22)19-7-5-17(6-8-19)4-3-15(21)18-17/h13-14H,3-12H2,1-2H3,(H,18,21). The van der Waals surface area contributed by atoms with E-state index in [1.165, 1.54) is 0 Å². The molecule has 0 radical (unpaired) electrons. The number of nitrogens with one attached hydrogen (secondary N) is 1. The molecule has 3 fully saturated rings. The van der Waals surface area contributed by atoms with E-state index in [0.29, 0.717) is 25.5 Å². The predicted molar refractivity (Wildman–Crippen MR) is 87.0 cm³/mol. The molecule has 1 N–H and O–H groups in total. The Kier molecular flexibility index (Phi) is 4.92. The van der Waals surface area contributed by atoms with Gasteiger partial charge in [0, 0.05) is 44.2 Å². The quantitative estimate of drug-likeness (QED) is 0.833. The molecule has 2 amide bonds. The number of rotatable bonds is 3. The van der Waals surface area contributed by atoms with E-state index in [1.54, 1.807) is 0 Å². The van der Waals surface area contributed by atoms with Crippen LogP contribution in [-0.4, -0.2) is 72.1 Å². The first-order chi connectivity index (χ1) is 11.0. The Balaban J connectivity index is 1.47.